The zero-order valence-corrected chi connectivity index (χ0v) is 13.6. The van der Waals surface area contributed by atoms with Crippen molar-refractivity contribution in [2.75, 3.05) is 0 Å². The summed E-state index contributed by atoms with van der Waals surface area (Å²) in [5.41, 5.74) is 0.0393. The molecule has 0 amide bonds. The Labute approximate surface area is 143 Å². The lowest BCUT2D eigenvalue weighted by molar-refractivity contribution is 0.263. The van der Waals surface area contributed by atoms with Crippen molar-refractivity contribution in [2.45, 2.75) is 6.61 Å². The van der Waals surface area contributed by atoms with Gasteiger partial charge in [-0.15, -0.1) is 10.2 Å². The normalized spacial score (nSPS) is 11.0. The van der Waals surface area contributed by atoms with Gasteiger partial charge in [-0.1, -0.05) is 0 Å². The second-order valence-corrected chi connectivity index (χ2v) is 5.63. The monoisotopic (exact) mass is 388 g/mol. The van der Waals surface area contributed by atoms with Gasteiger partial charge in [0.1, 0.15) is 11.3 Å². The quantitative estimate of drug-likeness (QED) is 0.491. The molecule has 0 spiro atoms. The van der Waals surface area contributed by atoms with Crippen LogP contribution in [0.1, 0.15) is 5.89 Å². The second-order valence-electron chi connectivity index (χ2n) is 4.85. The predicted molar refractivity (Wildman–Crippen MR) is 86.5 cm³/mol. The van der Waals surface area contributed by atoms with Crippen LogP contribution < -0.4 is 10.4 Å². The minimum Gasteiger partial charge on any atom is -0.484 e. The molecule has 24 heavy (non-hydrogen) atoms. The SMILES string of the molecule is O=c1ccc2ccc(OCc3nnc(-c4ccc(Br)o4)o3)cc2o1. The Kier molecular flexibility index (Phi) is 3.66. The molecular weight excluding hydrogens is 380 g/mol. The summed E-state index contributed by atoms with van der Waals surface area (Å²) in [5, 5.41) is 8.62. The molecule has 4 aromatic rings. The van der Waals surface area contributed by atoms with Crippen LogP contribution >= 0.6 is 15.9 Å². The number of fused-ring (bicyclic) bond motifs is 1. The number of nitrogens with zero attached hydrogens (tertiary/aromatic N) is 2. The Morgan fingerprint density at radius 3 is 2.71 bits per heavy atom. The Balaban J connectivity index is 1.50. The smallest absolute Gasteiger partial charge is 0.336 e. The van der Waals surface area contributed by atoms with Gasteiger partial charge in [-0.3, -0.25) is 0 Å². The van der Waals surface area contributed by atoms with Crippen molar-refractivity contribution >= 4 is 26.9 Å². The zero-order valence-electron chi connectivity index (χ0n) is 12.1. The lowest BCUT2D eigenvalue weighted by atomic mass is 10.2. The van der Waals surface area contributed by atoms with Crippen LogP contribution in [0, 0.1) is 0 Å². The van der Waals surface area contributed by atoms with Crippen LogP contribution in [0.25, 0.3) is 22.6 Å². The molecule has 8 heteroatoms. The molecule has 0 fully saturated rings. The van der Waals surface area contributed by atoms with Gasteiger partial charge in [0.2, 0.25) is 0 Å². The molecule has 0 saturated heterocycles. The van der Waals surface area contributed by atoms with Crippen molar-refractivity contribution in [3.63, 3.8) is 0 Å². The summed E-state index contributed by atoms with van der Waals surface area (Å²) in [6, 6.07) is 11.7. The number of ether oxygens (including phenoxy) is 1. The highest BCUT2D eigenvalue weighted by Crippen LogP contribution is 2.24. The minimum atomic E-state index is -0.411. The number of furan rings is 1. The van der Waals surface area contributed by atoms with E-state index in [2.05, 4.69) is 26.1 Å². The predicted octanol–water partition coefficient (Wildman–Crippen LogP) is 3.78. The number of benzene rings is 1. The van der Waals surface area contributed by atoms with Gasteiger partial charge in [-0.25, -0.2) is 4.79 Å². The van der Waals surface area contributed by atoms with Crippen molar-refractivity contribution in [3.05, 3.63) is 63.4 Å². The highest BCUT2D eigenvalue weighted by molar-refractivity contribution is 9.10. The molecule has 0 saturated carbocycles. The molecular formula is C16H9BrN2O5. The van der Waals surface area contributed by atoms with Crippen molar-refractivity contribution < 1.29 is 18.0 Å². The van der Waals surface area contributed by atoms with Crippen LogP contribution in [0.5, 0.6) is 5.75 Å². The molecule has 0 atom stereocenters. The van der Waals surface area contributed by atoms with E-state index < -0.39 is 5.63 Å². The average molecular weight is 389 g/mol. The molecule has 1 aromatic carbocycles. The van der Waals surface area contributed by atoms with Crippen LogP contribution in [0.4, 0.5) is 0 Å². The van der Waals surface area contributed by atoms with E-state index in [4.69, 9.17) is 18.0 Å². The lowest BCUT2D eigenvalue weighted by Gasteiger charge is -2.03. The number of hydrogen-bond acceptors (Lipinski definition) is 7. The number of hydrogen-bond donors (Lipinski definition) is 0. The number of rotatable bonds is 4. The van der Waals surface area contributed by atoms with E-state index in [1.165, 1.54) is 6.07 Å². The summed E-state index contributed by atoms with van der Waals surface area (Å²) >= 11 is 3.21. The molecule has 0 radical (unpaired) electrons. The minimum absolute atomic E-state index is 0.0808. The maximum atomic E-state index is 11.3. The highest BCUT2D eigenvalue weighted by atomic mass is 79.9. The van der Waals surface area contributed by atoms with Gasteiger partial charge in [0.25, 0.3) is 11.8 Å². The van der Waals surface area contributed by atoms with Gasteiger partial charge in [0, 0.05) is 17.5 Å². The molecule has 0 unspecified atom stereocenters. The molecule has 3 heterocycles. The molecule has 0 aliphatic heterocycles. The maximum absolute atomic E-state index is 11.3. The van der Waals surface area contributed by atoms with Crippen LogP contribution in [0.15, 0.2) is 65.2 Å². The molecule has 120 valence electrons. The summed E-state index contributed by atoms with van der Waals surface area (Å²) in [7, 11) is 0. The molecule has 0 aliphatic rings. The van der Waals surface area contributed by atoms with Gasteiger partial charge in [0.05, 0.1) is 0 Å². The van der Waals surface area contributed by atoms with Crippen molar-refractivity contribution in [1.82, 2.24) is 10.2 Å². The number of halogens is 1. The molecule has 3 aromatic heterocycles. The first-order valence-electron chi connectivity index (χ1n) is 6.92. The van der Waals surface area contributed by atoms with Crippen molar-refractivity contribution in [1.29, 1.82) is 0 Å². The Morgan fingerprint density at radius 1 is 1.00 bits per heavy atom. The van der Waals surface area contributed by atoms with Crippen molar-refractivity contribution in [2.24, 2.45) is 0 Å². The topological polar surface area (TPSA) is 91.5 Å². The zero-order chi connectivity index (χ0) is 16.5. The van der Waals surface area contributed by atoms with E-state index in [-0.39, 0.29) is 12.5 Å². The van der Waals surface area contributed by atoms with E-state index in [1.54, 1.807) is 36.4 Å². The highest BCUT2D eigenvalue weighted by Gasteiger charge is 2.12. The summed E-state index contributed by atoms with van der Waals surface area (Å²) < 4.78 is 22.1. The van der Waals surface area contributed by atoms with E-state index in [0.717, 1.165) is 5.39 Å². The Bertz CT molecular complexity index is 1070. The molecule has 0 N–H and O–H groups in total. The maximum Gasteiger partial charge on any atom is 0.336 e. The first-order valence-corrected chi connectivity index (χ1v) is 7.71. The van der Waals surface area contributed by atoms with Gasteiger partial charge < -0.3 is 18.0 Å². The standard InChI is InChI=1S/C16H9BrN2O5/c17-13-5-4-11(22-13)16-19-18-14(24-16)8-21-10-3-1-9-2-6-15(20)23-12(9)7-10/h1-7H,8H2. The summed E-state index contributed by atoms with van der Waals surface area (Å²) in [4.78, 5) is 11.3. The third-order valence-electron chi connectivity index (χ3n) is 3.21. The Morgan fingerprint density at radius 2 is 1.88 bits per heavy atom. The third kappa shape index (κ3) is 2.95. The fourth-order valence-corrected chi connectivity index (χ4v) is 2.42. The van der Waals surface area contributed by atoms with E-state index >= 15 is 0 Å². The van der Waals surface area contributed by atoms with Crippen LogP contribution in [0.3, 0.4) is 0 Å². The molecule has 4 rings (SSSR count). The van der Waals surface area contributed by atoms with Gasteiger partial charge in [-0.05, 0) is 46.3 Å². The molecule has 0 aliphatic carbocycles. The first-order chi connectivity index (χ1) is 11.7. The summed E-state index contributed by atoms with van der Waals surface area (Å²) in [6.07, 6.45) is 0. The summed E-state index contributed by atoms with van der Waals surface area (Å²) in [5.74, 6) is 1.56. The fourth-order valence-electron chi connectivity index (χ4n) is 2.12. The summed E-state index contributed by atoms with van der Waals surface area (Å²) in [6.45, 7) is 0.0808. The Hall–Kier alpha value is -2.87. The van der Waals surface area contributed by atoms with Crippen LogP contribution in [0.2, 0.25) is 0 Å². The first kappa shape index (κ1) is 14.7. The van der Waals surface area contributed by atoms with Gasteiger partial charge in [0.15, 0.2) is 17.0 Å². The van der Waals surface area contributed by atoms with Crippen LogP contribution in [-0.2, 0) is 6.61 Å². The van der Waals surface area contributed by atoms with Gasteiger partial charge >= 0.3 is 5.63 Å². The van der Waals surface area contributed by atoms with Crippen molar-refractivity contribution in [3.8, 4) is 17.4 Å². The van der Waals surface area contributed by atoms with E-state index in [1.807, 2.05) is 0 Å². The largest absolute Gasteiger partial charge is 0.484 e. The second kappa shape index (κ2) is 5.97. The van der Waals surface area contributed by atoms with E-state index in [0.29, 0.717) is 27.7 Å². The lowest BCUT2D eigenvalue weighted by Crippen LogP contribution is -1.97. The number of aromatic nitrogens is 2. The van der Waals surface area contributed by atoms with Gasteiger partial charge in [-0.2, -0.15) is 0 Å². The average Bonchev–Trinajstić information content (AvgIpc) is 3.21. The van der Waals surface area contributed by atoms with Crippen LogP contribution in [-0.4, -0.2) is 10.2 Å². The molecule has 7 nitrogen and oxygen atoms in total. The third-order valence-corrected chi connectivity index (χ3v) is 3.63. The fraction of sp³-hybridized carbons (Fsp3) is 0.0625. The van der Waals surface area contributed by atoms with E-state index in [9.17, 15) is 4.79 Å². The molecule has 0 bridgehead atoms.